The summed E-state index contributed by atoms with van der Waals surface area (Å²) in [6.07, 6.45) is -2.92. The molecule has 6 nitrogen and oxygen atoms in total. The predicted octanol–water partition coefficient (Wildman–Crippen LogP) is 5.15. The zero-order valence-corrected chi connectivity index (χ0v) is 15.2. The topological polar surface area (TPSA) is 88.0 Å². The summed E-state index contributed by atoms with van der Waals surface area (Å²) in [6, 6.07) is 14.3. The van der Waals surface area contributed by atoms with Crippen LogP contribution in [0.2, 0.25) is 0 Å². The van der Waals surface area contributed by atoms with E-state index in [4.69, 9.17) is 5.11 Å². The van der Waals surface area contributed by atoms with Crippen LogP contribution in [0.4, 0.5) is 24.7 Å². The lowest BCUT2D eigenvalue weighted by Gasteiger charge is -2.12. The van der Waals surface area contributed by atoms with Gasteiger partial charge in [-0.05, 0) is 42.5 Å². The van der Waals surface area contributed by atoms with Crippen LogP contribution >= 0.6 is 0 Å². The van der Waals surface area contributed by atoms with Gasteiger partial charge in [-0.3, -0.25) is 4.98 Å². The number of anilines is 2. The maximum atomic E-state index is 13.0. The van der Waals surface area contributed by atoms with E-state index in [1.165, 1.54) is 24.3 Å². The Bertz CT molecular complexity index is 1240. The minimum Gasteiger partial charge on any atom is -0.478 e. The number of carbonyl (C=O) groups is 1. The zero-order valence-electron chi connectivity index (χ0n) is 15.2. The molecule has 30 heavy (non-hydrogen) atoms. The Morgan fingerprint density at radius 3 is 2.43 bits per heavy atom. The van der Waals surface area contributed by atoms with Gasteiger partial charge >= 0.3 is 12.1 Å². The van der Waals surface area contributed by atoms with E-state index in [1.807, 2.05) is 0 Å². The molecule has 0 amide bonds. The van der Waals surface area contributed by atoms with Crippen molar-refractivity contribution in [1.82, 2.24) is 15.2 Å². The number of fused-ring (bicyclic) bond motifs is 1. The molecular weight excluding hydrogens is 397 g/mol. The maximum absolute atomic E-state index is 13.0. The highest BCUT2D eigenvalue weighted by Gasteiger charge is 2.30. The molecule has 2 heterocycles. The quantitative estimate of drug-likeness (QED) is 0.484. The molecule has 0 saturated carbocycles. The van der Waals surface area contributed by atoms with Gasteiger partial charge in [-0.15, -0.1) is 10.2 Å². The molecule has 2 aromatic heterocycles. The molecule has 4 rings (SSSR count). The van der Waals surface area contributed by atoms with Crippen LogP contribution < -0.4 is 5.32 Å². The SMILES string of the molecule is O=C(O)c1ccc(-c2nnc(Nc3cccc(C(F)(F)F)c3)c3ncccc23)cc1. The van der Waals surface area contributed by atoms with E-state index < -0.39 is 17.7 Å². The van der Waals surface area contributed by atoms with Crippen molar-refractivity contribution in [3.05, 3.63) is 78.0 Å². The number of hydrogen-bond acceptors (Lipinski definition) is 5. The van der Waals surface area contributed by atoms with Crippen molar-refractivity contribution in [1.29, 1.82) is 0 Å². The van der Waals surface area contributed by atoms with Gasteiger partial charge in [0, 0.05) is 22.8 Å². The molecule has 4 aromatic rings. The number of aromatic carboxylic acids is 1. The number of halogens is 3. The first-order chi connectivity index (χ1) is 14.3. The van der Waals surface area contributed by atoms with Crippen LogP contribution in [0, 0.1) is 0 Å². The standard InChI is InChI=1S/C21H13F3N4O2/c22-21(23,24)14-3-1-4-15(11-14)26-19-18-16(5-2-10-25-18)17(27-28-19)12-6-8-13(9-7-12)20(29)30/h1-11H,(H,26,28)(H,29,30). The van der Waals surface area contributed by atoms with Crippen molar-refractivity contribution in [2.75, 3.05) is 5.32 Å². The first kappa shape index (κ1) is 19.3. The van der Waals surface area contributed by atoms with Crippen LogP contribution in [0.15, 0.2) is 66.9 Å². The Balaban J connectivity index is 1.75. The fourth-order valence-electron chi connectivity index (χ4n) is 2.96. The lowest BCUT2D eigenvalue weighted by molar-refractivity contribution is -0.137. The van der Waals surface area contributed by atoms with E-state index in [2.05, 4.69) is 20.5 Å². The van der Waals surface area contributed by atoms with E-state index in [0.717, 1.165) is 12.1 Å². The summed E-state index contributed by atoms with van der Waals surface area (Å²) < 4.78 is 38.9. The van der Waals surface area contributed by atoms with Crippen LogP contribution in [0.5, 0.6) is 0 Å². The number of carboxylic acids is 1. The first-order valence-electron chi connectivity index (χ1n) is 8.72. The third-order valence-corrected chi connectivity index (χ3v) is 4.40. The average Bonchev–Trinajstić information content (AvgIpc) is 2.74. The van der Waals surface area contributed by atoms with Gasteiger partial charge in [-0.1, -0.05) is 18.2 Å². The van der Waals surface area contributed by atoms with E-state index in [1.54, 1.807) is 30.5 Å². The number of aromatic nitrogens is 3. The van der Waals surface area contributed by atoms with Crippen molar-refractivity contribution >= 4 is 28.4 Å². The molecule has 0 atom stereocenters. The highest BCUT2D eigenvalue weighted by atomic mass is 19.4. The predicted molar refractivity (Wildman–Crippen MR) is 104 cm³/mol. The van der Waals surface area contributed by atoms with Crippen LogP contribution in [-0.4, -0.2) is 26.3 Å². The molecule has 0 bridgehead atoms. The summed E-state index contributed by atoms with van der Waals surface area (Å²) in [5.74, 6) is -0.837. The Hall–Kier alpha value is -4.01. The third-order valence-electron chi connectivity index (χ3n) is 4.40. The second-order valence-corrected chi connectivity index (χ2v) is 6.38. The molecule has 0 aliphatic heterocycles. The smallest absolute Gasteiger partial charge is 0.416 e. The minimum absolute atomic E-state index is 0.136. The van der Waals surface area contributed by atoms with Crippen molar-refractivity contribution in [2.24, 2.45) is 0 Å². The third kappa shape index (κ3) is 3.77. The van der Waals surface area contributed by atoms with Crippen molar-refractivity contribution < 1.29 is 23.1 Å². The molecule has 9 heteroatoms. The monoisotopic (exact) mass is 410 g/mol. The number of nitrogens with zero attached hydrogens (tertiary/aromatic N) is 3. The fourth-order valence-corrected chi connectivity index (χ4v) is 2.96. The molecule has 0 spiro atoms. The van der Waals surface area contributed by atoms with Gasteiger partial charge in [0.15, 0.2) is 5.82 Å². The number of benzene rings is 2. The Morgan fingerprint density at radius 1 is 0.967 bits per heavy atom. The summed E-state index contributed by atoms with van der Waals surface area (Å²) in [4.78, 5) is 15.3. The summed E-state index contributed by atoms with van der Waals surface area (Å²) in [5.41, 5.74) is 1.08. The van der Waals surface area contributed by atoms with E-state index >= 15 is 0 Å². The average molecular weight is 410 g/mol. The number of hydrogen-bond donors (Lipinski definition) is 2. The Kier molecular flexibility index (Phi) is 4.78. The molecular formula is C21H13F3N4O2. The van der Waals surface area contributed by atoms with Gasteiger partial charge in [0.2, 0.25) is 0 Å². The fraction of sp³-hybridized carbons (Fsp3) is 0.0476. The molecule has 0 fully saturated rings. The lowest BCUT2D eigenvalue weighted by atomic mass is 10.1. The highest BCUT2D eigenvalue weighted by molar-refractivity contribution is 5.98. The minimum atomic E-state index is -4.46. The summed E-state index contributed by atoms with van der Waals surface area (Å²) in [7, 11) is 0. The zero-order chi connectivity index (χ0) is 21.3. The molecule has 0 unspecified atom stereocenters. The van der Waals surface area contributed by atoms with E-state index in [-0.39, 0.29) is 17.1 Å². The molecule has 0 aliphatic rings. The number of nitrogens with one attached hydrogen (secondary N) is 1. The number of pyridine rings is 1. The molecule has 0 aliphatic carbocycles. The summed E-state index contributed by atoms with van der Waals surface area (Å²) >= 11 is 0. The first-order valence-corrected chi connectivity index (χ1v) is 8.72. The van der Waals surface area contributed by atoms with Crippen LogP contribution in [0.25, 0.3) is 22.2 Å². The largest absolute Gasteiger partial charge is 0.478 e. The molecule has 0 saturated heterocycles. The Labute approximate surface area is 168 Å². The van der Waals surface area contributed by atoms with Crippen LogP contribution in [0.3, 0.4) is 0 Å². The molecule has 0 radical (unpaired) electrons. The van der Waals surface area contributed by atoms with Gasteiger partial charge in [0.05, 0.1) is 11.1 Å². The summed E-state index contributed by atoms with van der Waals surface area (Å²) in [6.45, 7) is 0. The number of alkyl halides is 3. The second-order valence-electron chi connectivity index (χ2n) is 6.38. The molecule has 2 aromatic carbocycles. The van der Waals surface area contributed by atoms with E-state index in [9.17, 15) is 18.0 Å². The highest BCUT2D eigenvalue weighted by Crippen LogP contribution is 2.33. The Morgan fingerprint density at radius 2 is 1.73 bits per heavy atom. The lowest BCUT2D eigenvalue weighted by Crippen LogP contribution is -2.06. The van der Waals surface area contributed by atoms with Crippen molar-refractivity contribution in [2.45, 2.75) is 6.18 Å². The normalized spacial score (nSPS) is 11.4. The molecule has 2 N–H and O–H groups in total. The molecule has 150 valence electrons. The van der Waals surface area contributed by atoms with Crippen molar-refractivity contribution in [3.63, 3.8) is 0 Å². The number of carboxylic acid groups (broad SMARTS) is 1. The summed E-state index contributed by atoms with van der Waals surface area (Å²) in [5, 5.41) is 20.8. The van der Waals surface area contributed by atoms with Crippen LogP contribution in [-0.2, 0) is 6.18 Å². The van der Waals surface area contributed by atoms with Gasteiger partial charge in [0.25, 0.3) is 0 Å². The maximum Gasteiger partial charge on any atom is 0.416 e. The van der Waals surface area contributed by atoms with Gasteiger partial charge < -0.3 is 10.4 Å². The van der Waals surface area contributed by atoms with Gasteiger partial charge in [-0.2, -0.15) is 13.2 Å². The second kappa shape index (κ2) is 7.43. The van der Waals surface area contributed by atoms with Crippen molar-refractivity contribution in [3.8, 4) is 11.3 Å². The van der Waals surface area contributed by atoms with Crippen LogP contribution in [0.1, 0.15) is 15.9 Å². The number of rotatable bonds is 4. The van der Waals surface area contributed by atoms with E-state index in [0.29, 0.717) is 22.2 Å². The van der Waals surface area contributed by atoms with Gasteiger partial charge in [0.1, 0.15) is 11.2 Å². The van der Waals surface area contributed by atoms with Gasteiger partial charge in [-0.25, -0.2) is 4.79 Å².